The average Bonchev–Trinajstić information content (AvgIpc) is 2.38. The molecule has 1 atom stereocenters. The minimum absolute atomic E-state index is 0.577. The predicted octanol–water partition coefficient (Wildman–Crippen LogP) is 2.50. The number of nitriles is 1. The zero-order chi connectivity index (χ0) is 12.3. The predicted molar refractivity (Wildman–Crippen MR) is 72.8 cm³/mol. The molecule has 2 N–H and O–H groups in total. The number of anilines is 1. The van der Waals surface area contributed by atoms with Crippen LogP contribution < -0.4 is 10.6 Å². The maximum Gasteiger partial charge on any atom is 0.0992 e. The van der Waals surface area contributed by atoms with Gasteiger partial charge in [-0.05, 0) is 43.5 Å². The Morgan fingerprint density at radius 1 is 1.47 bits per heavy atom. The first-order valence-corrected chi connectivity index (χ1v) is 6.68. The Morgan fingerprint density at radius 3 is 3.00 bits per heavy atom. The number of nitrogens with zero attached hydrogens (tertiary/aromatic N) is 2. The zero-order valence-electron chi connectivity index (χ0n) is 9.69. The number of hydrogen-bond acceptors (Lipinski definition) is 3. The van der Waals surface area contributed by atoms with Crippen LogP contribution in [0, 0.1) is 17.2 Å². The highest BCUT2D eigenvalue weighted by Crippen LogP contribution is 2.26. The van der Waals surface area contributed by atoms with Gasteiger partial charge in [-0.3, -0.25) is 0 Å². The largest absolute Gasteiger partial charge is 0.371 e. The number of nitrogens with two attached hydrogens (primary N) is 1. The summed E-state index contributed by atoms with van der Waals surface area (Å²) < 4.78 is 0.960. The van der Waals surface area contributed by atoms with Crippen molar-refractivity contribution in [3.8, 4) is 6.07 Å². The molecule has 1 fully saturated rings. The van der Waals surface area contributed by atoms with Crippen LogP contribution in [0.3, 0.4) is 0 Å². The van der Waals surface area contributed by atoms with Crippen molar-refractivity contribution in [2.45, 2.75) is 12.8 Å². The maximum absolute atomic E-state index is 8.97. The molecule has 0 spiro atoms. The summed E-state index contributed by atoms with van der Waals surface area (Å²) >= 11 is 3.45. The van der Waals surface area contributed by atoms with Gasteiger partial charge >= 0.3 is 0 Å². The molecule has 0 aromatic heterocycles. The Balaban J connectivity index is 2.21. The molecule has 17 heavy (non-hydrogen) atoms. The molecule has 0 saturated carbocycles. The van der Waals surface area contributed by atoms with Gasteiger partial charge in [0.25, 0.3) is 0 Å². The summed E-state index contributed by atoms with van der Waals surface area (Å²) in [6.45, 7) is 2.80. The smallest absolute Gasteiger partial charge is 0.0992 e. The molecule has 1 aliphatic rings. The Bertz CT molecular complexity index is 439. The van der Waals surface area contributed by atoms with Gasteiger partial charge in [0.2, 0.25) is 0 Å². The topological polar surface area (TPSA) is 53.0 Å². The fraction of sp³-hybridized carbons (Fsp3) is 0.462. The molecule has 3 nitrogen and oxygen atoms in total. The van der Waals surface area contributed by atoms with Crippen molar-refractivity contribution in [3.63, 3.8) is 0 Å². The van der Waals surface area contributed by atoms with Crippen molar-refractivity contribution in [2.24, 2.45) is 11.7 Å². The highest BCUT2D eigenvalue weighted by molar-refractivity contribution is 9.10. The van der Waals surface area contributed by atoms with E-state index in [0.717, 1.165) is 29.8 Å². The monoisotopic (exact) mass is 293 g/mol. The van der Waals surface area contributed by atoms with Gasteiger partial charge in [-0.15, -0.1) is 0 Å². The number of piperidine rings is 1. The second kappa shape index (κ2) is 5.52. The van der Waals surface area contributed by atoms with Gasteiger partial charge in [0.15, 0.2) is 0 Å². The van der Waals surface area contributed by atoms with E-state index in [1.165, 1.54) is 12.8 Å². The molecule has 1 heterocycles. The minimum Gasteiger partial charge on any atom is -0.371 e. The van der Waals surface area contributed by atoms with Crippen molar-refractivity contribution in [1.82, 2.24) is 0 Å². The fourth-order valence-electron chi connectivity index (χ4n) is 2.31. The van der Waals surface area contributed by atoms with Crippen LogP contribution in [-0.4, -0.2) is 19.6 Å². The van der Waals surface area contributed by atoms with Crippen LogP contribution in [0.4, 0.5) is 5.69 Å². The van der Waals surface area contributed by atoms with Crippen molar-refractivity contribution in [2.75, 3.05) is 24.5 Å². The fourth-order valence-corrected chi connectivity index (χ4v) is 2.79. The Hall–Kier alpha value is -1.05. The molecule has 0 radical (unpaired) electrons. The van der Waals surface area contributed by atoms with E-state index in [1.807, 2.05) is 12.1 Å². The van der Waals surface area contributed by atoms with Gasteiger partial charge in [0.05, 0.1) is 11.6 Å². The molecule has 0 bridgehead atoms. The van der Waals surface area contributed by atoms with Gasteiger partial charge in [-0.1, -0.05) is 15.9 Å². The van der Waals surface area contributed by atoms with Crippen molar-refractivity contribution >= 4 is 21.6 Å². The van der Waals surface area contributed by atoms with Gasteiger partial charge < -0.3 is 10.6 Å². The minimum atomic E-state index is 0.577. The third kappa shape index (κ3) is 2.99. The first-order valence-electron chi connectivity index (χ1n) is 5.88. The van der Waals surface area contributed by atoms with Crippen LogP contribution in [0.1, 0.15) is 18.4 Å². The summed E-state index contributed by atoms with van der Waals surface area (Å²) in [5, 5.41) is 8.97. The second-order valence-electron chi connectivity index (χ2n) is 4.50. The van der Waals surface area contributed by atoms with E-state index in [4.69, 9.17) is 11.0 Å². The molecule has 1 saturated heterocycles. The first kappa shape index (κ1) is 12.4. The lowest BCUT2D eigenvalue weighted by atomic mass is 9.97. The lowest BCUT2D eigenvalue weighted by Gasteiger charge is -2.34. The lowest BCUT2D eigenvalue weighted by molar-refractivity contribution is 0.423. The maximum atomic E-state index is 8.97. The Morgan fingerprint density at radius 2 is 2.29 bits per heavy atom. The van der Waals surface area contributed by atoms with Crippen LogP contribution in [-0.2, 0) is 0 Å². The van der Waals surface area contributed by atoms with E-state index in [0.29, 0.717) is 11.5 Å². The highest BCUT2D eigenvalue weighted by atomic mass is 79.9. The number of hydrogen-bond donors (Lipinski definition) is 1. The molecular weight excluding hydrogens is 278 g/mol. The zero-order valence-corrected chi connectivity index (χ0v) is 11.3. The van der Waals surface area contributed by atoms with Crippen LogP contribution in [0.15, 0.2) is 22.7 Å². The van der Waals surface area contributed by atoms with E-state index in [-0.39, 0.29) is 0 Å². The van der Waals surface area contributed by atoms with Crippen LogP contribution in [0.5, 0.6) is 0 Å². The molecule has 90 valence electrons. The molecule has 1 aromatic carbocycles. The van der Waals surface area contributed by atoms with E-state index < -0.39 is 0 Å². The summed E-state index contributed by atoms with van der Waals surface area (Å²) in [5.74, 6) is 0.577. The number of benzene rings is 1. The van der Waals surface area contributed by atoms with E-state index in [9.17, 15) is 0 Å². The van der Waals surface area contributed by atoms with E-state index >= 15 is 0 Å². The van der Waals surface area contributed by atoms with Gasteiger partial charge in [0, 0.05) is 23.2 Å². The second-order valence-corrected chi connectivity index (χ2v) is 5.42. The van der Waals surface area contributed by atoms with Crippen LogP contribution in [0.2, 0.25) is 0 Å². The van der Waals surface area contributed by atoms with Crippen molar-refractivity contribution in [1.29, 1.82) is 5.26 Å². The normalized spacial score (nSPS) is 20.1. The summed E-state index contributed by atoms with van der Waals surface area (Å²) in [6.07, 6.45) is 2.39. The molecule has 4 heteroatoms. The molecular formula is C13H16BrN3. The number of rotatable bonds is 2. The Kier molecular flexibility index (Phi) is 4.03. The molecule has 1 aromatic rings. The van der Waals surface area contributed by atoms with Gasteiger partial charge in [-0.25, -0.2) is 0 Å². The molecule has 2 rings (SSSR count). The lowest BCUT2D eigenvalue weighted by Crippen LogP contribution is -2.38. The van der Waals surface area contributed by atoms with Crippen LogP contribution >= 0.6 is 15.9 Å². The standard InChI is InChI=1S/C13H16BrN3/c14-12-4-11(8-16)5-13(6-12)17-3-1-2-10(7-15)9-17/h4-6,10H,1-3,7,9,15H2. The molecule has 1 unspecified atom stereocenters. The molecule has 0 amide bonds. The van der Waals surface area contributed by atoms with Crippen molar-refractivity contribution < 1.29 is 0 Å². The average molecular weight is 294 g/mol. The third-order valence-electron chi connectivity index (χ3n) is 3.23. The summed E-state index contributed by atoms with van der Waals surface area (Å²) in [6, 6.07) is 8.05. The number of halogens is 1. The van der Waals surface area contributed by atoms with Gasteiger partial charge in [-0.2, -0.15) is 5.26 Å². The first-order chi connectivity index (χ1) is 8.22. The van der Waals surface area contributed by atoms with E-state index in [1.54, 1.807) is 0 Å². The summed E-state index contributed by atoms with van der Waals surface area (Å²) in [4.78, 5) is 2.33. The third-order valence-corrected chi connectivity index (χ3v) is 3.69. The van der Waals surface area contributed by atoms with E-state index in [2.05, 4.69) is 33.0 Å². The quantitative estimate of drug-likeness (QED) is 0.911. The molecule has 1 aliphatic heterocycles. The Labute approximate surface area is 110 Å². The molecule has 0 aliphatic carbocycles. The van der Waals surface area contributed by atoms with Gasteiger partial charge in [0.1, 0.15) is 0 Å². The highest BCUT2D eigenvalue weighted by Gasteiger charge is 2.19. The van der Waals surface area contributed by atoms with Crippen molar-refractivity contribution in [3.05, 3.63) is 28.2 Å². The summed E-state index contributed by atoms with van der Waals surface area (Å²) in [5.41, 5.74) is 7.56. The summed E-state index contributed by atoms with van der Waals surface area (Å²) in [7, 11) is 0. The SMILES string of the molecule is N#Cc1cc(Br)cc(N2CCCC(CN)C2)c1. The van der Waals surface area contributed by atoms with Crippen LogP contribution in [0.25, 0.3) is 0 Å².